The molecule has 5 heteroatoms. The minimum atomic E-state index is -0.262. The number of hydrogen-bond donors (Lipinski definition) is 2. The molecule has 1 atom stereocenters. The van der Waals surface area contributed by atoms with Crippen LogP contribution < -0.4 is 20.1 Å². The molecule has 0 radical (unpaired) electrons. The molecule has 128 valence electrons. The van der Waals surface area contributed by atoms with E-state index in [-0.39, 0.29) is 12.1 Å². The first kappa shape index (κ1) is 17.7. The number of para-hydroxylation sites is 1. The molecule has 0 saturated carbocycles. The number of hydrogen-bond acceptors (Lipinski definition) is 3. The maximum Gasteiger partial charge on any atom is 0.319 e. The van der Waals surface area contributed by atoms with Crippen molar-refractivity contribution in [1.82, 2.24) is 5.32 Å². The van der Waals surface area contributed by atoms with Gasteiger partial charge in [0.2, 0.25) is 0 Å². The van der Waals surface area contributed by atoms with Gasteiger partial charge < -0.3 is 20.1 Å². The van der Waals surface area contributed by atoms with Gasteiger partial charge in [-0.15, -0.1) is 0 Å². The molecule has 2 aromatic carbocycles. The summed E-state index contributed by atoms with van der Waals surface area (Å²) in [6, 6.07) is 14.8. The third kappa shape index (κ3) is 5.50. The highest BCUT2D eigenvalue weighted by Crippen LogP contribution is 2.21. The molecule has 2 amide bonds. The molecule has 0 aliphatic heterocycles. The molecule has 0 heterocycles. The van der Waals surface area contributed by atoms with E-state index in [0.29, 0.717) is 13.2 Å². The van der Waals surface area contributed by atoms with Crippen LogP contribution in [0.25, 0.3) is 0 Å². The number of benzene rings is 2. The van der Waals surface area contributed by atoms with Crippen LogP contribution in [0.5, 0.6) is 11.5 Å². The monoisotopic (exact) mass is 328 g/mol. The summed E-state index contributed by atoms with van der Waals surface area (Å²) >= 11 is 0. The molecular weight excluding hydrogens is 304 g/mol. The fraction of sp³-hybridized carbons (Fsp3) is 0.316. The Labute approximate surface area is 143 Å². The van der Waals surface area contributed by atoms with Crippen LogP contribution in [0.1, 0.15) is 19.4 Å². The molecule has 5 nitrogen and oxygen atoms in total. The van der Waals surface area contributed by atoms with Crippen LogP contribution in [-0.2, 0) is 0 Å². The Hall–Kier alpha value is -2.69. The highest BCUT2D eigenvalue weighted by atomic mass is 16.5. The number of urea groups is 1. The van der Waals surface area contributed by atoms with Crippen molar-refractivity contribution in [3.05, 3.63) is 54.1 Å². The summed E-state index contributed by atoms with van der Waals surface area (Å²) in [5.74, 6) is 1.61. The number of nitrogens with one attached hydrogen (secondary N) is 2. The van der Waals surface area contributed by atoms with E-state index in [4.69, 9.17) is 9.47 Å². The van der Waals surface area contributed by atoms with Crippen LogP contribution in [0.15, 0.2) is 48.5 Å². The fourth-order valence-electron chi connectivity index (χ4n) is 2.23. The Kier molecular flexibility index (Phi) is 6.49. The highest BCUT2D eigenvalue weighted by Gasteiger charge is 2.08. The lowest BCUT2D eigenvalue weighted by atomic mass is 10.2. The summed E-state index contributed by atoms with van der Waals surface area (Å²) in [5, 5.41) is 5.61. The van der Waals surface area contributed by atoms with Gasteiger partial charge in [0.1, 0.15) is 17.6 Å². The normalized spacial score (nSPS) is 11.5. The third-order valence-corrected chi connectivity index (χ3v) is 3.36. The molecule has 0 aromatic heterocycles. The number of aryl methyl sites for hydroxylation is 1. The summed E-state index contributed by atoms with van der Waals surface area (Å²) in [6.45, 7) is 6.83. The van der Waals surface area contributed by atoms with E-state index in [1.165, 1.54) is 0 Å². The van der Waals surface area contributed by atoms with E-state index in [1.54, 1.807) is 0 Å². The van der Waals surface area contributed by atoms with Crippen LogP contribution in [0.3, 0.4) is 0 Å². The van der Waals surface area contributed by atoms with Gasteiger partial charge in [-0.3, -0.25) is 0 Å². The van der Waals surface area contributed by atoms with E-state index >= 15 is 0 Å². The Balaban J connectivity index is 1.79. The molecule has 2 rings (SSSR count). The van der Waals surface area contributed by atoms with E-state index < -0.39 is 0 Å². The number of amides is 2. The molecule has 0 aliphatic rings. The standard InChI is InChI=1S/C19H24N2O3/c1-4-23-18-11-10-16(12-14(18)2)21-19(22)20-13-15(3)24-17-8-6-5-7-9-17/h5-12,15H,4,13H2,1-3H3,(H2,20,21,22). The van der Waals surface area contributed by atoms with Gasteiger partial charge in [0.05, 0.1) is 13.2 Å². The van der Waals surface area contributed by atoms with Crippen LogP contribution in [0.4, 0.5) is 10.5 Å². The van der Waals surface area contributed by atoms with Gasteiger partial charge in [-0.1, -0.05) is 18.2 Å². The van der Waals surface area contributed by atoms with Crippen LogP contribution in [-0.4, -0.2) is 25.3 Å². The van der Waals surface area contributed by atoms with Gasteiger partial charge >= 0.3 is 6.03 Å². The average Bonchev–Trinajstić information content (AvgIpc) is 2.56. The zero-order valence-corrected chi connectivity index (χ0v) is 14.3. The first-order valence-corrected chi connectivity index (χ1v) is 8.08. The van der Waals surface area contributed by atoms with Crippen LogP contribution in [0, 0.1) is 6.92 Å². The third-order valence-electron chi connectivity index (χ3n) is 3.36. The second-order valence-corrected chi connectivity index (χ2v) is 5.49. The Bertz CT molecular complexity index is 659. The van der Waals surface area contributed by atoms with Crippen molar-refractivity contribution in [2.24, 2.45) is 0 Å². The first-order chi connectivity index (χ1) is 11.6. The Morgan fingerprint density at radius 1 is 1.17 bits per heavy atom. The minimum Gasteiger partial charge on any atom is -0.494 e. The fourth-order valence-corrected chi connectivity index (χ4v) is 2.23. The molecule has 0 spiro atoms. The number of rotatable bonds is 7. The maximum atomic E-state index is 12.0. The van der Waals surface area contributed by atoms with Gasteiger partial charge in [-0.2, -0.15) is 0 Å². The van der Waals surface area contributed by atoms with Crippen molar-refractivity contribution >= 4 is 11.7 Å². The van der Waals surface area contributed by atoms with Crippen molar-refractivity contribution in [2.75, 3.05) is 18.5 Å². The quantitative estimate of drug-likeness (QED) is 0.808. The lowest BCUT2D eigenvalue weighted by Crippen LogP contribution is -2.36. The molecule has 0 saturated heterocycles. The van der Waals surface area contributed by atoms with E-state index in [9.17, 15) is 4.79 Å². The summed E-state index contributed by atoms with van der Waals surface area (Å²) in [5.41, 5.74) is 1.71. The molecule has 2 N–H and O–H groups in total. The zero-order chi connectivity index (χ0) is 17.4. The van der Waals surface area contributed by atoms with E-state index in [0.717, 1.165) is 22.7 Å². The van der Waals surface area contributed by atoms with Gasteiger partial charge in [-0.25, -0.2) is 4.79 Å². The summed E-state index contributed by atoms with van der Waals surface area (Å²) in [7, 11) is 0. The molecular formula is C19H24N2O3. The maximum absolute atomic E-state index is 12.0. The Morgan fingerprint density at radius 2 is 1.92 bits per heavy atom. The highest BCUT2D eigenvalue weighted by molar-refractivity contribution is 5.89. The minimum absolute atomic E-state index is 0.125. The summed E-state index contributed by atoms with van der Waals surface area (Å²) < 4.78 is 11.2. The lowest BCUT2D eigenvalue weighted by molar-refractivity contribution is 0.212. The smallest absolute Gasteiger partial charge is 0.319 e. The van der Waals surface area contributed by atoms with Crippen molar-refractivity contribution < 1.29 is 14.3 Å². The molecule has 1 unspecified atom stereocenters. The molecule has 0 fully saturated rings. The van der Waals surface area contributed by atoms with Crippen molar-refractivity contribution in [3.63, 3.8) is 0 Å². The number of carbonyl (C=O) groups is 1. The topological polar surface area (TPSA) is 59.6 Å². The van der Waals surface area contributed by atoms with Gasteiger partial charge in [-0.05, 0) is 56.7 Å². The number of ether oxygens (including phenoxy) is 2. The average molecular weight is 328 g/mol. The van der Waals surface area contributed by atoms with E-state index in [1.807, 2.05) is 69.3 Å². The van der Waals surface area contributed by atoms with Crippen LogP contribution >= 0.6 is 0 Å². The molecule has 0 bridgehead atoms. The Morgan fingerprint density at radius 3 is 2.58 bits per heavy atom. The molecule has 24 heavy (non-hydrogen) atoms. The lowest BCUT2D eigenvalue weighted by Gasteiger charge is -2.16. The summed E-state index contributed by atoms with van der Waals surface area (Å²) in [6.07, 6.45) is -0.125. The van der Waals surface area contributed by atoms with Crippen molar-refractivity contribution in [2.45, 2.75) is 26.9 Å². The largest absolute Gasteiger partial charge is 0.494 e. The predicted molar refractivity (Wildman–Crippen MR) is 95.9 cm³/mol. The number of anilines is 1. The molecule has 2 aromatic rings. The van der Waals surface area contributed by atoms with Crippen molar-refractivity contribution in [3.8, 4) is 11.5 Å². The first-order valence-electron chi connectivity index (χ1n) is 8.08. The van der Waals surface area contributed by atoms with Gasteiger partial charge in [0.25, 0.3) is 0 Å². The second kappa shape index (κ2) is 8.82. The van der Waals surface area contributed by atoms with Crippen LogP contribution in [0.2, 0.25) is 0 Å². The zero-order valence-electron chi connectivity index (χ0n) is 14.3. The van der Waals surface area contributed by atoms with Gasteiger partial charge in [0, 0.05) is 5.69 Å². The van der Waals surface area contributed by atoms with E-state index in [2.05, 4.69) is 10.6 Å². The second-order valence-electron chi connectivity index (χ2n) is 5.49. The number of carbonyl (C=O) groups excluding carboxylic acids is 1. The predicted octanol–water partition coefficient (Wildman–Crippen LogP) is 3.98. The van der Waals surface area contributed by atoms with Crippen molar-refractivity contribution in [1.29, 1.82) is 0 Å². The summed E-state index contributed by atoms with van der Waals surface area (Å²) in [4.78, 5) is 12.0. The molecule has 0 aliphatic carbocycles. The SMILES string of the molecule is CCOc1ccc(NC(=O)NCC(C)Oc2ccccc2)cc1C. The van der Waals surface area contributed by atoms with Gasteiger partial charge in [0.15, 0.2) is 0 Å².